The molecule has 1 saturated carbocycles. The summed E-state index contributed by atoms with van der Waals surface area (Å²) in [6.45, 7) is 4.40. The van der Waals surface area contributed by atoms with E-state index < -0.39 is 9.71 Å². The number of carbonyl (C=O) groups is 2. The summed E-state index contributed by atoms with van der Waals surface area (Å²) in [6.07, 6.45) is 11.6. The van der Waals surface area contributed by atoms with Gasteiger partial charge in [0.05, 0.1) is 41.1 Å². The summed E-state index contributed by atoms with van der Waals surface area (Å²) < 4.78 is 29.8. The molecule has 0 aromatic heterocycles. The van der Waals surface area contributed by atoms with Crippen molar-refractivity contribution < 1.29 is 23.3 Å². The van der Waals surface area contributed by atoms with Crippen LogP contribution in [0.25, 0.3) is 0 Å². The lowest BCUT2D eigenvalue weighted by Crippen LogP contribution is -2.49. The van der Waals surface area contributed by atoms with Crippen molar-refractivity contribution >= 4 is 44.7 Å². The van der Waals surface area contributed by atoms with Gasteiger partial charge in [0.2, 0.25) is 5.91 Å². The van der Waals surface area contributed by atoms with Crippen molar-refractivity contribution in [2.24, 2.45) is 11.8 Å². The first-order valence-electron chi connectivity index (χ1n) is 17.5. The molecule has 4 aliphatic rings. The smallest absolute Gasteiger partial charge is 0.262 e. The summed E-state index contributed by atoms with van der Waals surface area (Å²) in [4.78, 5) is 30.0. The zero-order valence-electron chi connectivity index (χ0n) is 28.5. The summed E-state index contributed by atoms with van der Waals surface area (Å²) in [5.41, 5.74) is 3.66. The molecule has 2 aromatic rings. The fraction of sp³-hybridized carbons (Fsp3) is 0.553. The molecule has 2 aromatic carbocycles. The molecule has 48 heavy (non-hydrogen) atoms. The first kappa shape index (κ1) is 34.8. The molecular formula is C38H50ClN3O5S. The third-order valence-electron chi connectivity index (χ3n) is 11.0. The van der Waals surface area contributed by atoms with Crippen LogP contribution in [0.3, 0.4) is 0 Å². The lowest BCUT2D eigenvalue weighted by Gasteiger charge is -2.46. The second-order valence-electron chi connectivity index (χ2n) is 14.4. The highest BCUT2D eigenvalue weighted by Gasteiger charge is 2.44. The quantitative estimate of drug-likeness (QED) is 0.297. The first-order valence-corrected chi connectivity index (χ1v) is 19.6. The zero-order chi connectivity index (χ0) is 34.1. The number of benzene rings is 2. The second kappa shape index (κ2) is 14.5. The van der Waals surface area contributed by atoms with E-state index in [2.05, 4.69) is 39.8 Å². The van der Waals surface area contributed by atoms with Crippen LogP contribution in [0.1, 0.15) is 79.8 Å². The van der Waals surface area contributed by atoms with Crippen molar-refractivity contribution in [2.75, 3.05) is 45.3 Å². The van der Waals surface area contributed by atoms with E-state index in [0.717, 1.165) is 61.7 Å². The number of nitrogens with zero attached hydrogens (tertiary/aromatic N) is 2. The van der Waals surface area contributed by atoms with Gasteiger partial charge in [0, 0.05) is 48.4 Å². The average Bonchev–Trinajstić information content (AvgIpc) is 3.18. The Morgan fingerprint density at radius 3 is 2.79 bits per heavy atom. The number of hydrogen-bond acceptors (Lipinski definition) is 6. The molecular weight excluding hydrogens is 646 g/mol. The molecule has 0 saturated heterocycles. The number of hydrogen-bond donors (Lipinski definition) is 1. The fourth-order valence-corrected chi connectivity index (χ4v) is 9.94. The van der Waals surface area contributed by atoms with E-state index in [1.165, 1.54) is 11.1 Å². The van der Waals surface area contributed by atoms with Crippen LogP contribution < -0.4 is 14.4 Å². The van der Waals surface area contributed by atoms with E-state index >= 15 is 0 Å². The zero-order valence-corrected chi connectivity index (χ0v) is 30.1. The standard InChI is InChI=1S/C38H50ClN3O5S/c1-5-30-10-6-7-11-34(46-20-18-36(43)41(2)3)31-15-12-28(31)23-42-24-38(19-8-9-26-21-29(39)14-16-32(26)38)25-47-35-17-13-27(22-33(35)42)37(44)40-48(30,4)45/h7,11,13-14,16-17,21-22,28,30-31,34H,4-6,8-10,12,15,18-20,23-25H2,1-3H3,(H,40,44,45)/b11-7+/t28-,30+,31+,34-,38-,48?/m0/s1. The van der Waals surface area contributed by atoms with Gasteiger partial charge in [0.25, 0.3) is 5.91 Å². The topological polar surface area (TPSA) is 88.2 Å². The van der Waals surface area contributed by atoms with E-state index in [1.807, 2.05) is 25.1 Å². The van der Waals surface area contributed by atoms with E-state index in [1.54, 1.807) is 25.1 Å². The summed E-state index contributed by atoms with van der Waals surface area (Å²) in [5, 5.41) is 0.480. The van der Waals surface area contributed by atoms with Gasteiger partial charge < -0.3 is 19.3 Å². The molecule has 1 N–H and O–H groups in total. The molecule has 1 fully saturated rings. The monoisotopic (exact) mass is 695 g/mol. The molecule has 2 amide bonds. The average molecular weight is 696 g/mol. The highest BCUT2D eigenvalue weighted by Crippen LogP contribution is 2.47. The minimum Gasteiger partial charge on any atom is -0.490 e. The van der Waals surface area contributed by atoms with Gasteiger partial charge in [-0.15, -0.1) is 0 Å². The van der Waals surface area contributed by atoms with Crippen molar-refractivity contribution in [3.8, 4) is 5.75 Å². The molecule has 8 nitrogen and oxygen atoms in total. The van der Waals surface area contributed by atoms with Crippen molar-refractivity contribution in [2.45, 2.75) is 81.5 Å². The minimum atomic E-state index is -2.92. The van der Waals surface area contributed by atoms with Crippen molar-refractivity contribution in [1.82, 2.24) is 9.62 Å². The SMILES string of the molecule is C=S1(=O)NC(=O)c2ccc3c(c2)N(C[C@@H]2CC[C@H]2[C@@H](OCCC(=O)N(C)C)/C=C/CC[C@H]1CC)C[C@@]1(CCCc2cc(Cl)ccc21)CO3. The Labute approximate surface area is 291 Å². The number of allylic oxidation sites excluding steroid dienone is 1. The van der Waals surface area contributed by atoms with E-state index in [9.17, 15) is 13.8 Å². The Morgan fingerprint density at radius 1 is 1.21 bits per heavy atom. The summed E-state index contributed by atoms with van der Waals surface area (Å²) >= 11 is 6.46. The maximum atomic E-state index is 13.8. The van der Waals surface area contributed by atoms with Crippen LogP contribution in [0.2, 0.25) is 5.02 Å². The van der Waals surface area contributed by atoms with Gasteiger partial charge >= 0.3 is 0 Å². The number of anilines is 1. The molecule has 6 atom stereocenters. The number of fused-ring (bicyclic) bond motifs is 4. The van der Waals surface area contributed by atoms with Crippen molar-refractivity contribution in [3.05, 3.63) is 70.3 Å². The second-order valence-corrected chi connectivity index (χ2v) is 17.1. The van der Waals surface area contributed by atoms with E-state index in [-0.39, 0.29) is 34.5 Å². The summed E-state index contributed by atoms with van der Waals surface area (Å²) in [7, 11) is 0.620. The van der Waals surface area contributed by atoms with Crippen molar-refractivity contribution in [3.63, 3.8) is 0 Å². The number of rotatable bonds is 5. The summed E-state index contributed by atoms with van der Waals surface area (Å²) in [5.74, 6) is 5.08. The van der Waals surface area contributed by atoms with Crippen LogP contribution >= 0.6 is 11.6 Å². The summed E-state index contributed by atoms with van der Waals surface area (Å²) in [6, 6.07) is 11.8. The number of ether oxygens (including phenoxy) is 2. The highest BCUT2D eigenvalue weighted by molar-refractivity contribution is 7.99. The Kier molecular flexibility index (Phi) is 10.5. The Bertz CT molecular complexity index is 1660. The maximum absolute atomic E-state index is 13.8. The number of nitrogens with one attached hydrogen (secondary N) is 1. The molecule has 0 radical (unpaired) electrons. The van der Waals surface area contributed by atoms with Gasteiger partial charge in [0.15, 0.2) is 0 Å². The van der Waals surface area contributed by atoms with Crippen LogP contribution in [0.15, 0.2) is 48.6 Å². The largest absolute Gasteiger partial charge is 0.490 e. The number of carbonyl (C=O) groups excluding carboxylic acids is 2. The Balaban J connectivity index is 1.38. The fourth-order valence-electron chi connectivity index (χ4n) is 8.10. The predicted octanol–water partition coefficient (Wildman–Crippen LogP) is 6.19. The normalized spacial score (nSPS) is 30.9. The van der Waals surface area contributed by atoms with Crippen LogP contribution in [-0.4, -0.2) is 78.5 Å². The van der Waals surface area contributed by atoms with Crippen LogP contribution in [0, 0.1) is 11.8 Å². The Morgan fingerprint density at radius 2 is 2.04 bits per heavy atom. The first-order chi connectivity index (χ1) is 23.0. The molecule has 1 unspecified atom stereocenters. The van der Waals surface area contributed by atoms with Gasteiger partial charge in [-0.25, -0.2) is 4.21 Å². The van der Waals surface area contributed by atoms with Gasteiger partial charge in [-0.05, 0) is 111 Å². The van der Waals surface area contributed by atoms with E-state index in [0.29, 0.717) is 50.4 Å². The molecule has 1 spiro atoms. The molecule has 10 heteroatoms. The van der Waals surface area contributed by atoms with Gasteiger partial charge in [-0.2, -0.15) is 0 Å². The van der Waals surface area contributed by atoms with E-state index in [4.69, 9.17) is 21.1 Å². The van der Waals surface area contributed by atoms with Gasteiger partial charge in [-0.1, -0.05) is 36.7 Å². The predicted molar refractivity (Wildman–Crippen MR) is 195 cm³/mol. The molecule has 6 rings (SSSR count). The molecule has 2 aliphatic carbocycles. The third kappa shape index (κ3) is 7.29. The molecule has 2 bridgehead atoms. The maximum Gasteiger partial charge on any atom is 0.262 e. The lowest BCUT2D eigenvalue weighted by molar-refractivity contribution is -0.130. The molecule has 2 aliphatic heterocycles. The van der Waals surface area contributed by atoms with Crippen LogP contribution in [-0.2, 0) is 31.1 Å². The van der Waals surface area contributed by atoms with Crippen molar-refractivity contribution in [1.29, 1.82) is 0 Å². The van der Waals surface area contributed by atoms with Crippen LogP contribution in [0.4, 0.5) is 5.69 Å². The number of amides is 2. The number of halogens is 1. The van der Waals surface area contributed by atoms with Gasteiger partial charge in [-0.3, -0.25) is 14.3 Å². The molecule has 260 valence electrons. The highest BCUT2D eigenvalue weighted by atomic mass is 35.5. The third-order valence-corrected chi connectivity index (χ3v) is 13.4. The lowest BCUT2D eigenvalue weighted by atomic mass is 9.68. The minimum absolute atomic E-state index is 0.0479. The van der Waals surface area contributed by atoms with Gasteiger partial charge in [0.1, 0.15) is 5.75 Å². The van der Waals surface area contributed by atoms with Crippen LogP contribution in [0.5, 0.6) is 5.75 Å². The Hall–Kier alpha value is -3.01. The molecule has 2 heterocycles. The number of aryl methyl sites for hydroxylation is 1.